The van der Waals surface area contributed by atoms with Crippen LogP contribution in [0.2, 0.25) is 0 Å². The van der Waals surface area contributed by atoms with Crippen molar-refractivity contribution < 1.29 is 5.21 Å². The molecule has 0 aliphatic heterocycles. The first-order valence-electron chi connectivity index (χ1n) is 12.5. The molecule has 2 nitrogen and oxygen atoms in total. The first-order valence-corrected chi connectivity index (χ1v) is 14.3. The first-order chi connectivity index (χ1) is 18.3. The van der Waals surface area contributed by atoms with E-state index in [1.807, 2.05) is 0 Å². The minimum atomic E-state index is 0.119. The molecule has 4 heteroatoms. The van der Waals surface area contributed by atoms with Crippen LogP contribution < -0.4 is 0 Å². The molecule has 2 unspecified atom stereocenters. The van der Waals surface area contributed by atoms with Gasteiger partial charge in [0.1, 0.15) is 0 Å². The third kappa shape index (κ3) is 4.83. The molecule has 0 radical (unpaired) electrons. The molecule has 0 aliphatic carbocycles. The van der Waals surface area contributed by atoms with E-state index in [-0.39, 0.29) is 11.8 Å². The molecule has 2 atom stereocenters. The molecule has 1 N–H and O–H groups in total. The molecule has 0 spiro atoms. The summed E-state index contributed by atoms with van der Waals surface area (Å²) < 4.78 is 0. The fourth-order valence-corrected chi connectivity index (χ4v) is 7.14. The molecule has 0 bridgehead atoms. The highest BCUT2D eigenvalue weighted by atomic mass is 32.1. The molecule has 0 aliphatic rings. The van der Waals surface area contributed by atoms with Gasteiger partial charge in [-0.15, -0.1) is 22.7 Å². The zero-order valence-corrected chi connectivity index (χ0v) is 22.0. The number of oxime groups is 1. The smallest absolute Gasteiger partial charge is 0.0590 e. The lowest BCUT2D eigenvalue weighted by Crippen LogP contribution is -2.13. The quantitative estimate of drug-likeness (QED) is 0.122. The van der Waals surface area contributed by atoms with Crippen LogP contribution >= 0.6 is 22.7 Å². The molecule has 6 rings (SSSR count). The van der Waals surface area contributed by atoms with Crippen LogP contribution in [0.15, 0.2) is 125 Å². The first kappa shape index (κ1) is 23.7. The van der Waals surface area contributed by atoms with Gasteiger partial charge in [-0.25, -0.2) is 0 Å². The van der Waals surface area contributed by atoms with Crippen LogP contribution in [0.25, 0.3) is 21.5 Å². The van der Waals surface area contributed by atoms with Crippen molar-refractivity contribution in [2.75, 3.05) is 0 Å². The van der Waals surface area contributed by atoms with E-state index in [1.54, 1.807) is 22.7 Å². The molecular formula is C33H27NOS2. The van der Waals surface area contributed by atoms with Gasteiger partial charge >= 0.3 is 0 Å². The Hall–Kier alpha value is -3.73. The maximum Gasteiger partial charge on any atom is 0.0590 e. The van der Waals surface area contributed by atoms with Crippen LogP contribution in [0.1, 0.15) is 45.6 Å². The number of fused-ring (bicyclic) bond motifs is 2. The molecule has 37 heavy (non-hydrogen) atoms. The van der Waals surface area contributed by atoms with E-state index in [2.05, 4.69) is 125 Å². The Labute approximate surface area is 225 Å². The molecule has 0 fully saturated rings. The molecule has 4 aromatic carbocycles. The number of nitrogens with zero attached hydrogens (tertiary/aromatic N) is 1. The maximum absolute atomic E-state index is 10.3. The Balaban J connectivity index is 1.40. The standard InChI is InChI=1S/C33H27NOS2/c35-34-25(21-30(32-17-7-19-36-32)28-15-5-11-23-9-1-3-13-26(23)28)22-31(33-18-8-20-37-33)29-16-6-12-24-10-2-4-14-27(24)29/h1-20,30-31,35H,21-22H2. The van der Waals surface area contributed by atoms with Crippen LogP contribution in [-0.2, 0) is 0 Å². The number of hydrogen-bond acceptors (Lipinski definition) is 4. The monoisotopic (exact) mass is 517 g/mol. The summed E-state index contributed by atoms with van der Waals surface area (Å²) in [5.74, 6) is 0.238. The SMILES string of the molecule is ON=C(CC(c1cccs1)c1cccc2ccccc12)CC(c1cccs1)c1cccc2ccccc12. The molecule has 2 heterocycles. The van der Waals surface area contributed by atoms with Crippen LogP contribution in [0.4, 0.5) is 0 Å². The highest BCUT2D eigenvalue weighted by Crippen LogP contribution is 2.40. The molecular weight excluding hydrogens is 491 g/mol. The molecule has 2 aromatic heterocycles. The number of hydrogen-bond donors (Lipinski definition) is 1. The van der Waals surface area contributed by atoms with E-state index >= 15 is 0 Å². The van der Waals surface area contributed by atoms with Crippen molar-refractivity contribution in [3.63, 3.8) is 0 Å². The maximum atomic E-state index is 10.3. The average Bonchev–Trinajstić information content (AvgIpc) is 3.68. The summed E-state index contributed by atoms with van der Waals surface area (Å²) in [5, 5.41) is 23.5. The summed E-state index contributed by atoms with van der Waals surface area (Å²) in [7, 11) is 0. The van der Waals surface area contributed by atoms with E-state index in [1.165, 1.54) is 42.4 Å². The van der Waals surface area contributed by atoms with Gasteiger partial charge in [0, 0.05) is 34.4 Å². The third-order valence-electron chi connectivity index (χ3n) is 7.19. The van der Waals surface area contributed by atoms with Crippen molar-refractivity contribution in [3.05, 3.63) is 141 Å². The Morgan fingerprint density at radius 2 is 1.03 bits per heavy atom. The second-order valence-electron chi connectivity index (χ2n) is 9.35. The normalized spacial score (nSPS) is 13.0. The second-order valence-corrected chi connectivity index (χ2v) is 11.3. The van der Waals surface area contributed by atoms with Crippen molar-refractivity contribution in [3.8, 4) is 0 Å². The van der Waals surface area contributed by atoms with Crippen molar-refractivity contribution in [1.82, 2.24) is 0 Å². The fourth-order valence-electron chi connectivity index (χ4n) is 5.45. The molecule has 0 saturated carbocycles. The van der Waals surface area contributed by atoms with Crippen molar-refractivity contribution in [2.45, 2.75) is 24.7 Å². The van der Waals surface area contributed by atoms with Gasteiger partial charge < -0.3 is 5.21 Å². The van der Waals surface area contributed by atoms with E-state index < -0.39 is 0 Å². The highest BCUT2D eigenvalue weighted by molar-refractivity contribution is 7.10. The minimum Gasteiger partial charge on any atom is -0.411 e. The van der Waals surface area contributed by atoms with Gasteiger partial charge in [-0.3, -0.25) is 0 Å². The summed E-state index contributed by atoms with van der Waals surface area (Å²) in [6.07, 6.45) is 1.33. The largest absolute Gasteiger partial charge is 0.411 e. The lowest BCUT2D eigenvalue weighted by molar-refractivity contribution is 0.315. The van der Waals surface area contributed by atoms with Gasteiger partial charge in [0.05, 0.1) is 5.71 Å². The minimum absolute atomic E-state index is 0.119. The topological polar surface area (TPSA) is 32.6 Å². The van der Waals surface area contributed by atoms with E-state index in [0.717, 1.165) is 5.71 Å². The molecule has 0 amide bonds. The third-order valence-corrected chi connectivity index (χ3v) is 9.16. The predicted molar refractivity (Wildman–Crippen MR) is 159 cm³/mol. The zero-order chi connectivity index (χ0) is 25.0. The van der Waals surface area contributed by atoms with Gasteiger partial charge in [-0.1, -0.05) is 102 Å². The molecule has 0 saturated heterocycles. The van der Waals surface area contributed by atoms with E-state index in [0.29, 0.717) is 12.8 Å². The van der Waals surface area contributed by atoms with Gasteiger partial charge in [-0.05, 0) is 55.6 Å². The number of rotatable bonds is 8. The summed E-state index contributed by atoms with van der Waals surface area (Å²) in [6, 6.07) is 38.8. The Bertz CT molecular complexity index is 1520. The summed E-state index contributed by atoms with van der Waals surface area (Å²) >= 11 is 3.53. The van der Waals surface area contributed by atoms with Crippen LogP contribution in [-0.4, -0.2) is 10.9 Å². The lowest BCUT2D eigenvalue weighted by atomic mass is 9.83. The molecule has 182 valence electrons. The van der Waals surface area contributed by atoms with Crippen LogP contribution in [0, 0.1) is 0 Å². The van der Waals surface area contributed by atoms with Crippen LogP contribution in [0.3, 0.4) is 0 Å². The van der Waals surface area contributed by atoms with Gasteiger partial charge in [0.15, 0.2) is 0 Å². The zero-order valence-electron chi connectivity index (χ0n) is 20.3. The van der Waals surface area contributed by atoms with Gasteiger partial charge in [0.25, 0.3) is 0 Å². The Kier molecular flexibility index (Phi) is 6.85. The van der Waals surface area contributed by atoms with Gasteiger partial charge in [-0.2, -0.15) is 0 Å². The fraction of sp³-hybridized carbons (Fsp3) is 0.121. The van der Waals surface area contributed by atoms with E-state index in [9.17, 15) is 5.21 Å². The van der Waals surface area contributed by atoms with E-state index in [4.69, 9.17) is 0 Å². The Morgan fingerprint density at radius 3 is 1.46 bits per heavy atom. The number of benzene rings is 4. The second kappa shape index (κ2) is 10.7. The number of thiophene rings is 2. The van der Waals surface area contributed by atoms with Crippen molar-refractivity contribution >= 4 is 49.9 Å². The van der Waals surface area contributed by atoms with Crippen LogP contribution in [0.5, 0.6) is 0 Å². The van der Waals surface area contributed by atoms with Crippen molar-refractivity contribution in [1.29, 1.82) is 0 Å². The lowest BCUT2D eigenvalue weighted by Gasteiger charge is -2.22. The average molecular weight is 518 g/mol. The molecule has 6 aromatic rings. The summed E-state index contributed by atoms with van der Waals surface area (Å²) in [5.41, 5.74) is 3.37. The predicted octanol–water partition coefficient (Wildman–Crippen LogP) is 9.69. The van der Waals surface area contributed by atoms with Crippen molar-refractivity contribution in [2.24, 2.45) is 5.16 Å². The highest BCUT2D eigenvalue weighted by Gasteiger charge is 2.25. The van der Waals surface area contributed by atoms with Gasteiger partial charge in [0.2, 0.25) is 0 Å². The summed E-state index contributed by atoms with van der Waals surface area (Å²) in [6.45, 7) is 0. The summed E-state index contributed by atoms with van der Waals surface area (Å²) in [4.78, 5) is 2.57. The Morgan fingerprint density at radius 1 is 0.568 bits per heavy atom.